The first-order valence-corrected chi connectivity index (χ1v) is 12.2. The highest BCUT2D eigenvalue weighted by Gasteiger charge is 2.58. The zero-order valence-electron chi connectivity index (χ0n) is 18.8. The van der Waals surface area contributed by atoms with Crippen LogP contribution in [0.5, 0.6) is 0 Å². The van der Waals surface area contributed by atoms with E-state index in [1.807, 2.05) is 0 Å². The molecule has 0 aromatic carbocycles. The maximum Gasteiger partial charge on any atom is -0.00445 e. The molecule has 4 aliphatic rings. The zero-order valence-corrected chi connectivity index (χ0v) is 18.8. The van der Waals surface area contributed by atoms with Crippen molar-refractivity contribution in [3.63, 3.8) is 0 Å². The van der Waals surface area contributed by atoms with Gasteiger partial charge < -0.3 is 0 Å². The molecule has 4 aliphatic carbocycles. The van der Waals surface area contributed by atoms with Gasteiger partial charge in [0.1, 0.15) is 0 Å². The molecule has 2 saturated carbocycles. The van der Waals surface area contributed by atoms with Crippen molar-refractivity contribution in [1.29, 1.82) is 0 Å². The number of hydrogen-bond donors (Lipinski definition) is 0. The monoisotopic (exact) mass is 368 g/mol. The molecule has 27 heavy (non-hydrogen) atoms. The van der Waals surface area contributed by atoms with Crippen LogP contribution in [0.4, 0.5) is 0 Å². The summed E-state index contributed by atoms with van der Waals surface area (Å²) in [5, 5.41) is 0. The van der Waals surface area contributed by atoms with Gasteiger partial charge in [-0.1, -0.05) is 72.1 Å². The largest absolute Gasteiger partial charge is 0.0842 e. The van der Waals surface area contributed by atoms with Crippen molar-refractivity contribution in [2.45, 2.75) is 98.8 Å². The van der Waals surface area contributed by atoms with Crippen LogP contribution in [0.25, 0.3) is 0 Å². The average Bonchev–Trinajstić information content (AvgIpc) is 2.98. The summed E-state index contributed by atoms with van der Waals surface area (Å²) in [6.45, 7) is 12.7. The molecular weight excluding hydrogens is 324 g/mol. The van der Waals surface area contributed by atoms with Crippen LogP contribution in [0.3, 0.4) is 0 Å². The van der Waals surface area contributed by atoms with E-state index in [4.69, 9.17) is 0 Å². The average molecular weight is 369 g/mol. The summed E-state index contributed by atoms with van der Waals surface area (Å²) in [6, 6.07) is 0. The molecule has 2 fully saturated rings. The van der Waals surface area contributed by atoms with Crippen LogP contribution < -0.4 is 0 Å². The topological polar surface area (TPSA) is 0 Å². The minimum Gasteiger partial charge on any atom is -0.0842 e. The predicted molar refractivity (Wildman–Crippen MR) is 118 cm³/mol. The molecule has 0 aromatic heterocycles. The van der Waals surface area contributed by atoms with Crippen LogP contribution in [-0.2, 0) is 0 Å². The molecule has 0 heteroatoms. The molecule has 0 bridgehead atoms. The summed E-state index contributed by atoms with van der Waals surface area (Å²) in [6.07, 6.45) is 22.0. The summed E-state index contributed by atoms with van der Waals surface area (Å²) in [5.41, 5.74) is 2.81. The van der Waals surface area contributed by atoms with E-state index in [1.54, 1.807) is 5.57 Å². The molecule has 0 radical (unpaired) electrons. The number of fused-ring (bicyclic) bond motifs is 5. The van der Waals surface area contributed by atoms with Crippen molar-refractivity contribution in [3.8, 4) is 0 Å². The fraction of sp³-hybridized carbons (Fsp3) is 0.852. The van der Waals surface area contributed by atoms with Gasteiger partial charge in [0, 0.05) is 0 Å². The van der Waals surface area contributed by atoms with E-state index in [0.717, 1.165) is 35.5 Å². The molecule has 0 nitrogen and oxygen atoms in total. The van der Waals surface area contributed by atoms with Gasteiger partial charge in [-0.2, -0.15) is 0 Å². The Kier molecular flexibility index (Phi) is 5.41. The van der Waals surface area contributed by atoms with Crippen LogP contribution in [0.1, 0.15) is 98.8 Å². The summed E-state index contributed by atoms with van der Waals surface area (Å²) in [5.74, 6) is 5.70. The predicted octanol–water partition coefficient (Wildman–Crippen LogP) is 8.19. The van der Waals surface area contributed by atoms with Crippen molar-refractivity contribution in [2.24, 2.45) is 46.3 Å². The SMILES string of the molecule is CC(C)CCCC(C)C1CCC2C3CC=C4C=CCCC4(C)C3CC[C@]12C. The highest BCUT2D eigenvalue weighted by atomic mass is 14.6. The van der Waals surface area contributed by atoms with E-state index < -0.39 is 0 Å². The lowest BCUT2D eigenvalue weighted by Gasteiger charge is -2.57. The molecule has 0 aromatic rings. The zero-order chi connectivity index (χ0) is 19.2. The van der Waals surface area contributed by atoms with E-state index in [-0.39, 0.29) is 0 Å². The van der Waals surface area contributed by atoms with E-state index in [1.165, 1.54) is 64.2 Å². The maximum atomic E-state index is 2.72. The van der Waals surface area contributed by atoms with E-state index >= 15 is 0 Å². The lowest BCUT2D eigenvalue weighted by Crippen LogP contribution is -2.49. The second-order valence-electron chi connectivity index (χ2n) is 11.7. The number of hydrogen-bond acceptors (Lipinski definition) is 0. The molecule has 0 spiro atoms. The number of rotatable bonds is 5. The fourth-order valence-electron chi connectivity index (χ4n) is 8.32. The van der Waals surface area contributed by atoms with Gasteiger partial charge in [-0.25, -0.2) is 0 Å². The Morgan fingerprint density at radius 2 is 1.81 bits per heavy atom. The lowest BCUT2D eigenvalue weighted by molar-refractivity contribution is -0.0451. The first-order valence-electron chi connectivity index (χ1n) is 12.2. The van der Waals surface area contributed by atoms with Crippen molar-refractivity contribution < 1.29 is 0 Å². The molecule has 0 aliphatic heterocycles. The van der Waals surface area contributed by atoms with E-state index in [0.29, 0.717) is 10.8 Å². The highest BCUT2D eigenvalue weighted by molar-refractivity contribution is 5.34. The summed E-state index contributed by atoms with van der Waals surface area (Å²) < 4.78 is 0. The molecule has 0 saturated heterocycles. The third-order valence-electron chi connectivity index (χ3n) is 9.85. The third kappa shape index (κ3) is 3.28. The van der Waals surface area contributed by atoms with Gasteiger partial charge in [0.05, 0.1) is 0 Å². The van der Waals surface area contributed by atoms with Gasteiger partial charge in [-0.05, 0) is 96.9 Å². The Morgan fingerprint density at radius 3 is 2.59 bits per heavy atom. The normalized spacial score (nSPS) is 44.4. The Morgan fingerprint density at radius 1 is 1.00 bits per heavy atom. The van der Waals surface area contributed by atoms with Crippen LogP contribution in [-0.4, -0.2) is 0 Å². The van der Waals surface area contributed by atoms with Crippen LogP contribution in [0.2, 0.25) is 0 Å². The van der Waals surface area contributed by atoms with E-state index in [2.05, 4.69) is 52.8 Å². The van der Waals surface area contributed by atoms with Gasteiger partial charge in [-0.15, -0.1) is 0 Å². The van der Waals surface area contributed by atoms with Crippen LogP contribution >= 0.6 is 0 Å². The first kappa shape index (κ1) is 19.8. The summed E-state index contributed by atoms with van der Waals surface area (Å²) in [4.78, 5) is 0. The molecule has 0 amide bonds. The van der Waals surface area contributed by atoms with Gasteiger partial charge in [0.2, 0.25) is 0 Å². The van der Waals surface area contributed by atoms with Crippen molar-refractivity contribution in [2.75, 3.05) is 0 Å². The smallest absolute Gasteiger partial charge is 0.00445 e. The lowest BCUT2D eigenvalue weighted by atomic mass is 9.47. The molecule has 4 rings (SSSR count). The second kappa shape index (κ2) is 7.38. The molecule has 0 heterocycles. The van der Waals surface area contributed by atoms with Gasteiger partial charge in [0.25, 0.3) is 0 Å². The first-order chi connectivity index (χ1) is 12.9. The Hall–Kier alpha value is -0.520. The van der Waals surface area contributed by atoms with Crippen molar-refractivity contribution in [3.05, 3.63) is 23.8 Å². The third-order valence-corrected chi connectivity index (χ3v) is 9.85. The summed E-state index contributed by atoms with van der Waals surface area (Å²) >= 11 is 0. The molecule has 0 N–H and O–H groups in total. The second-order valence-corrected chi connectivity index (χ2v) is 11.7. The Labute approximate surface area is 169 Å². The Balaban J connectivity index is 1.50. The van der Waals surface area contributed by atoms with E-state index in [9.17, 15) is 0 Å². The molecule has 7 atom stereocenters. The molecule has 6 unspecified atom stereocenters. The quantitative estimate of drug-likeness (QED) is 0.459. The molecule has 152 valence electrons. The standard InChI is InChI=1S/C27H44/c1-19(2)9-8-10-20(3)23-14-15-24-22-13-12-21-11-6-7-17-26(21,4)25(22)16-18-27(23,24)5/h6,11-12,19-20,22-25H,7-10,13-18H2,1-5H3/t20?,22?,23?,24?,25?,26?,27-/m1/s1. The minimum absolute atomic E-state index is 0.486. The summed E-state index contributed by atoms with van der Waals surface area (Å²) in [7, 11) is 0. The highest BCUT2D eigenvalue weighted by Crippen LogP contribution is 2.66. The maximum absolute atomic E-state index is 2.72. The van der Waals surface area contributed by atoms with Crippen LogP contribution in [0, 0.1) is 46.3 Å². The van der Waals surface area contributed by atoms with Crippen molar-refractivity contribution in [1.82, 2.24) is 0 Å². The molecular formula is C27H44. The van der Waals surface area contributed by atoms with Gasteiger partial charge >= 0.3 is 0 Å². The number of allylic oxidation sites excluding steroid dienone is 4. The minimum atomic E-state index is 0.486. The Bertz CT molecular complexity index is 595. The van der Waals surface area contributed by atoms with Crippen LogP contribution in [0.15, 0.2) is 23.8 Å². The fourth-order valence-corrected chi connectivity index (χ4v) is 8.32. The van der Waals surface area contributed by atoms with Gasteiger partial charge in [0.15, 0.2) is 0 Å². The van der Waals surface area contributed by atoms with Crippen molar-refractivity contribution >= 4 is 0 Å². The van der Waals surface area contributed by atoms with Gasteiger partial charge in [-0.3, -0.25) is 0 Å².